The Labute approximate surface area is 138 Å². The van der Waals surface area contributed by atoms with Crippen LogP contribution in [0.2, 0.25) is 0 Å². The Hall–Kier alpha value is -2.86. The molecule has 0 spiro atoms. The molecule has 3 aromatic rings. The maximum absolute atomic E-state index is 12.3. The highest BCUT2D eigenvalue weighted by Crippen LogP contribution is 2.22. The largest absolute Gasteiger partial charge is 0.463 e. The molecule has 1 aromatic carbocycles. The maximum Gasteiger partial charge on any atom is 0.267 e. The Morgan fingerprint density at radius 1 is 1.29 bits per heavy atom. The highest BCUT2D eigenvalue weighted by atomic mass is 16.4. The van der Waals surface area contributed by atoms with Gasteiger partial charge in [0.2, 0.25) is 0 Å². The van der Waals surface area contributed by atoms with Crippen molar-refractivity contribution in [1.82, 2.24) is 10.3 Å². The van der Waals surface area contributed by atoms with Crippen LogP contribution in [0.25, 0.3) is 10.8 Å². The van der Waals surface area contributed by atoms with Gasteiger partial charge < -0.3 is 19.8 Å². The second-order valence-electron chi connectivity index (χ2n) is 5.97. The molecule has 6 nitrogen and oxygen atoms in total. The number of nitrogens with one attached hydrogen (secondary N) is 2. The molecule has 24 heavy (non-hydrogen) atoms. The zero-order chi connectivity index (χ0) is 17.3. The minimum atomic E-state index is -1.35. The number of aryl methyl sites for hydroxylation is 1. The average molecular weight is 326 g/mol. The van der Waals surface area contributed by atoms with E-state index in [0.717, 1.165) is 0 Å². The number of H-pyrrole nitrogens is 1. The lowest BCUT2D eigenvalue weighted by molar-refractivity contribution is 0.0322. The summed E-state index contributed by atoms with van der Waals surface area (Å²) in [5.41, 5.74) is -1.53. The highest BCUT2D eigenvalue weighted by Gasteiger charge is 2.27. The van der Waals surface area contributed by atoms with Crippen LogP contribution in [0.5, 0.6) is 0 Å². The zero-order valence-electron chi connectivity index (χ0n) is 13.4. The van der Waals surface area contributed by atoms with Crippen LogP contribution in [-0.4, -0.2) is 22.5 Å². The lowest BCUT2D eigenvalue weighted by atomic mass is 10.0. The van der Waals surface area contributed by atoms with Crippen molar-refractivity contribution < 1.29 is 14.3 Å². The van der Waals surface area contributed by atoms with Crippen molar-refractivity contribution in [3.63, 3.8) is 0 Å². The molecule has 0 fully saturated rings. The molecular formula is C18H18N2O4. The number of amides is 1. The fourth-order valence-electron chi connectivity index (χ4n) is 2.49. The van der Waals surface area contributed by atoms with Crippen LogP contribution in [0.4, 0.5) is 0 Å². The van der Waals surface area contributed by atoms with Gasteiger partial charge in [-0.1, -0.05) is 18.2 Å². The monoisotopic (exact) mass is 326 g/mol. The number of aromatic nitrogens is 1. The quantitative estimate of drug-likeness (QED) is 0.684. The number of carbonyl (C=O) groups excluding carboxylic acids is 1. The minimum Gasteiger partial charge on any atom is -0.463 e. The van der Waals surface area contributed by atoms with Crippen LogP contribution < -0.4 is 10.9 Å². The van der Waals surface area contributed by atoms with Gasteiger partial charge in [-0.05, 0) is 43.5 Å². The van der Waals surface area contributed by atoms with Gasteiger partial charge in [0.05, 0.1) is 6.54 Å². The summed E-state index contributed by atoms with van der Waals surface area (Å²) in [6, 6.07) is 12.0. The second-order valence-corrected chi connectivity index (χ2v) is 5.97. The number of benzene rings is 1. The molecule has 0 radical (unpaired) electrons. The molecule has 0 bridgehead atoms. The van der Waals surface area contributed by atoms with Crippen molar-refractivity contribution >= 4 is 16.7 Å². The number of carbonyl (C=O) groups is 1. The Morgan fingerprint density at radius 2 is 2.04 bits per heavy atom. The van der Waals surface area contributed by atoms with E-state index in [2.05, 4.69) is 10.3 Å². The van der Waals surface area contributed by atoms with Gasteiger partial charge in [-0.25, -0.2) is 0 Å². The summed E-state index contributed by atoms with van der Waals surface area (Å²) in [6.07, 6.45) is 0. The van der Waals surface area contributed by atoms with Crippen molar-refractivity contribution in [2.45, 2.75) is 19.4 Å². The number of furan rings is 1. The van der Waals surface area contributed by atoms with E-state index in [0.29, 0.717) is 22.3 Å². The number of aromatic amines is 1. The maximum atomic E-state index is 12.3. The summed E-state index contributed by atoms with van der Waals surface area (Å²) < 4.78 is 5.40. The molecule has 0 saturated carbocycles. The van der Waals surface area contributed by atoms with E-state index in [1.54, 1.807) is 56.3 Å². The first-order valence-corrected chi connectivity index (χ1v) is 7.56. The van der Waals surface area contributed by atoms with Gasteiger partial charge in [-0.3, -0.25) is 9.59 Å². The molecule has 3 N–H and O–H groups in total. The first kappa shape index (κ1) is 16.0. The molecular weight excluding hydrogens is 308 g/mol. The van der Waals surface area contributed by atoms with Crippen LogP contribution in [0.1, 0.15) is 28.9 Å². The summed E-state index contributed by atoms with van der Waals surface area (Å²) in [5, 5.41) is 14.3. The minimum absolute atomic E-state index is 0.0480. The molecule has 0 aliphatic heterocycles. The van der Waals surface area contributed by atoms with E-state index in [1.807, 2.05) is 0 Å². The van der Waals surface area contributed by atoms with Crippen molar-refractivity contribution in [3.05, 3.63) is 70.0 Å². The predicted molar refractivity (Wildman–Crippen MR) is 89.9 cm³/mol. The van der Waals surface area contributed by atoms with Gasteiger partial charge in [0, 0.05) is 5.39 Å². The van der Waals surface area contributed by atoms with E-state index in [1.165, 1.54) is 0 Å². The molecule has 0 aliphatic rings. The topological polar surface area (TPSA) is 95.3 Å². The third kappa shape index (κ3) is 3.09. The number of aliphatic hydroxyl groups is 1. The summed E-state index contributed by atoms with van der Waals surface area (Å²) in [4.78, 5) is 26.9. The van der Waals surface area contributed by atoms with Crippen LogP contribution >= 0.6 is 0 Å². The van der Waals surface area contributed by atoms with Crippen LogP contribution in [-0.2, 0) is 5.60 Å². The number of fused-ring (bicyclic) bond motifs is 1. The van der Waals surface area contributed by atoms with E-state index in [9.17, 15) is 14.7 Å². The van der Waals surface area contributed by atoms with E-state index in [-0.39, 0.29) is 17.8 Å². The molecule has 6 heteroatoms. The Morgan fingerprint density at radius 3 is 2.75 bits per heavy atom. The third-order valence-electron chi connectivity index (χ3n) is 3.86. The van der Waals surface area contributed by atoms with Crippen molar-refractivity contribution in [2.24, 2.45) is 0 Å². The molecule has 124 valence electrons. The number of hydrogen-bond donors (Lipinski definition) is 3. The van der Waals surface area contributed by atoms with Crippen LogP contribution in [0.15, 0.2) is 51.7 Å². The summed E-state index contributed by atoms with van der Waals surface area (Å²) in [7, 11) is 0. The number of rotatable bonds is 4. The molecule has 1 amide bonds. The number of hydrogen-bond acceptors (Lipinski definition) is 4. The molecule has 0 aliphatic carbocycles. The van der Waals surface area contributed by atoms with Gasteiger partial charge in [-0.15, -0.1) is 0 Å². The van der Waals surface area contributed by atoms with Crippen molar-refractivity contribution in [2.75, 3.05) is 6.54 Å². The summed E-state index contributed by atoms with van der Waals surface area (Å²) >= 11 is 0. The zero-order valence-corrected chi connectivity index (χ0v) is 13.4. The highest BCUT2D eigenvalue weighted by molar-refractivity contribution is 5.96. The molecule has 1 atom stereocenters. The van der Waals surface area contributed by atoms with Gasteiger partial charge >= 0.3 is 0 Å². The van der Waals surface area contributed by atoms with Crippen LogP contribution in [0, 0.1) is 6.92 Å². The summed E-state index contributed by atoms with van der Waals surface area (Å²) in [5.74, 6) is 0.573. The average Bonchev–Trinajstić information content (AvgIpc) is 3.00. The predicted octanol–water partition coefficient (Wildman–Crippen LogP) is 2.07. The Bertz CT molecular complexity index is 953. The van der Waals surface area contributed by atoms with E-state index < -0.39 is 11.5 Å². The molecule has 0 saturated heterocycles. The summed E-state index contributed by atoms with van der Waals surface area (Å²) in [6.45, 7) is 3.28. The van der Waals surface area contributed by atoms with Gasteiger partial charge in [0.1, 0.15) is 22.8 Å². The standard InChI is InChI=1S/C18H18N2O4/c1-11-7-8-15(24-11)18(2,23)10-19-17(22)14-9-12-5-3-4-6-13(12)16(21)20-14/h3-9,23H,10H2,1-2H3,(H,19,22)(H,20,21). The van der Waals surface area contributed by atoms with E-state index in [4.69, 9.17) is 4.42 Å². The second kappa shape index (κ2) is 5.98. The van der Waals surface area contributed by atoms with Gasteiger partial charge in [0.25, 0.3) is 11.5 Å². The third-order valence-corrected chi connectivity index (χ3v) is 3.86. The lowest BCUT2D eigenvalue weighted by Gasteiger charge is -2.21. The fraction of sp³-hybridized carbons (Fsp3) is 0.222. The number of pyridine rings is 1. The molecule has 2 heterocycles. The first-order valence-electron chi connectivity index (χ1n) is 7.56. The smallest absolute Gasteiger partial charge is 0.267 e. The molecule has 1 unspecified atom stereocenters. The molecule has 2 aromatic heterocycles. The van der Waals surface area contributed by atoms with Crippen molar-refractivity contribution in [1.29, 1.82) is 0 Å². The van der Waals surface area contributed by atoms with Crippen LogP contribution in [0.3, 0.4) is 0 Å². The van der Waals surface area contributed by atoms with E-state index >= 15 is 0 Å². The van der Waals surface area contributed by atoms with Crippen molar-refractivity contribution in [3.8, 4) is 0 Å². The van der Waals surface area contributed by atoms with Gasteiger partial charge in [-0.2, -0.15) is 0 Å². The SMILES string of the molecule is Cc1ccc(C(C)(O)CNC(=O)c2cc3ccccc3c(=O)[nH]2)o1. The normalized spacial score (nSPS) is 13.6. The first-order chi connectivity index (χ1) is 11.4. The Balaban J connectivity index is 1.79. The molecule has 3 rings (SSSR count). The fourth-order valence-corrected chi connectivity index (χ4v) is 2.49. The lowest BCUT2D eigenvalue weighted by Crippen LogP contribution is -2.39. The van der Waals surface area contributed by atoms with Gasteiger partial charge in [0.15, 0.2) is 0 Å². The Kier molecular flexibility index (Phi) is 3.99.